The lowest BCUT2D eigenvalue weighted by atomic mass is 10.0. The van der Waals surface area contributed by atoms with E-state index in [0.29, 0.717) is 23.3 Å². The van der Waals surface area contributed by atoms with Crippen molar-refractivity contribution < 1.29 is 32.7 Å². The number of rotatable bonds is 6. The van der Waals surface area contributed by atoms with E-state index in [1.807, 2.05) is 0 Å². The van der Waals surface area contributed by atoms with E-state index in [-0.39, 0.29) is 43.8 Å². The maximum absolute atomic E-state index is 14.6. The molecular formula is C24H21F2N3O5. The zero-order valence-corrected chi connectivity index (χ0v) is 18.0. The van der Waals surface area contributed by atoms with E-state index in [0.717, 1.165) is 5.56 Å². The van der Waals surface area contributed by atoms with Crippen LogP contribution in [0, 0.1) is 0 Å². The summed E-state index contributed by atoms with van der Waals surface area (Å²) in [6.07, 6.45) is 0.338. The van der Waals surface area contributed by atoms with Crippen molar-refractivity contribution in [3.05, 3.63) is 70.3 Å². The van der Waals surface area contributed by atoms with E-state index in [4.69, 9.17) is 4.74 Å². The number of imide groups is 1. The van der Waals surface area contributed by atoms with Crippen molar-refractivity contribution in [2.45, 2.75) is 44.0 Å². The van der Waals surface area contributed by atoms with E-state index in [2.05, 4.69) is 10.6 Å². The minimum absolute atomic E-state index is 0.0610. The molecule has 2 aromatic carbocycles. The quantitative estimate of drug-likeness (QED) is 0.497. The van der Waals surface area contributed by atoms with Gasteiger partial charge >= 0.3 is 5.92 Å². The maximum Gasteiger partial charge on any atom is 0.349 e. The molecule has 0 radical (unpaired) electrons. The number of carbonyl (C=O) groups excluding carboxylic acids is 4. The lowest BCUT2D eigenvalue weighted by Crippen LogP contribution is -2.52. The van der Waals surface area contributed by atoms with E-state index >= 15 is 0 Å². The predicted octanol–water partition coefficient (Wildman–Crippen LogP) is 1.93. The smallest absolute Gasteiger partial charge is 0.349 e. The Labute approximate surface area is 193 Å². The number of amides is 4. The fourth-order valence-corrected chi connectivity index (χ4v) is 4.31. The molecule has 2 N–H and O–H groups in total. The molecule has 2 aromatic rings. The molecule has 5 rings (SSSR count). The van der Waals surface area contributed by atoms with Crippen molar-refractivity contribution in [2.75, 3.05) is 6.61 Å². The third kappa shape index (κ3) is 4.05. The number of hydrogen-bond acceptors (Lipinski definition) is 5. The van der Waals surface area contributed by atoms with Crippen molar-refractivity contribution in [3.63, 3.8) is 0 Å². The highest BCUT2D eigenvalue weighted by atomic mass is 19.3. The number of alkyl halides is 2. The van der Waals surface area contributed by atoms with Crippen LogP contribution in [0.25, 0.3) is 0 Å². The van der Waals surface area contributed by atoms with Crippen LogP contribution in [-0.4, -0.2) is 41.2 Å². The van der Waals surface area contributed by atoms with Gasteiger partial charge in [0.1, 0.15) is 12.1 Å². The highest BCUT2D eigenvalue weighted by molar-refractivity contribution is 6.05. The molecule has 8 nitrogen and oxygen atoms in total. The maximum atomic E-state index is 14.6. The Morgan fingerprint density at radius 2 is 1.88 bits per heavy atom. The van der Waals surface area contributed by atoms with Gasteiger partial charge in [0.15, 0.2) is 0 Å². The van der Waals surface area contributed by atoms with Gasteiger partial charge in [-0.25, -0.2) is 0 Å². The van der Waals surface area contributed by atoms with Crippen molar-refractivity contribution in [3.8, 4) is 0 Å². The Balaban J connectivity index is 1.23. The topological polar surface area (TPSA) is 108 Å². The van der Waals surface area contributed by atoms with Crippen LogP contribution in [-0.2, 0) is 38.1 Å². The Morgan fingerprint density at radius 3 is 2.56 bits per heavy atom. The summed E-state index contributed by atoms with van der Waals surface area (Å²) >= 11 is 0. The van der Waals surface area contributed by atoms with E-state index in [1.54, 1.807) is 18.2 Å². The minimum Gasteiger partial charge on any atom is -0.368 e. The van der Waals surface area contributed by atoms with Crippen LogP contribution in [0.15, 0.2) is 42.5 Å². The Bertz CT molecular complexity index is 1190. The Morgan fingerprint density at radius 1 is 1.15 bits per heavy atom. The molecule has 0 aromatic heterocycles. The first-order valence-electron chi connectivity index (χ1n) is 10.9. The van der Waals surface area contributed by atoms with Gasteiger partial charge in [-0.2, -0.15) is 8.78 Å². The monoisotopic (exact) mass is 469 g/mol. The van der Waals surface area contributed by atoms with Crippen molar-refractivity contribution in [1.82, 2.24) is 15.5 Å². The van der Waals surface area contributed by atoms with Gasteiger partial charge in [-0.15, -0.1) is 0 Å². The van der Waals surface area contributed by atoms with E-state index < -0.39 is 29.3 Å². The van der Waals surface area contributed by atoms with E-state index in [1.165, 1.54) is 29.2 Å². The molecule has 2 fully saturated rings. The molecule has 3 aliphatic rings. The molecule has 34 heavy (non-hydrogen) atoms. The lowest BCUT2D eigenvalue weighted by molar-refractivity contribution is -0.147. The second-order valence-corrected chi connectivity index (χ2v) is 8.59. The molecule has 0 saturated carbocycles. The summed E-state index contributed by atoms with van der Waals surface area (Å²) in [7, 11) is 0. The number of epoxide rings is 1. The van der Waals surface area contributed by atoms with E-state index in [9.17, 15) is 28.0 Å². The molecule has 0 aliphatic carbocycles. The number of ether oxygens (including phenoxy) is 1. The molecule has 2 atom stereocenters. The molecule has 2 saturated heterocycles. The average molecular weight is 469 g/mol. The lowest BCUT2D eigenvalue weighted by Gasteiger charge is -2.29. The standard InChI is InChI=1S/C24H21F2N3O5/c25-24(26,16-4-2-14(3-5-16)19-12-34-19)23(33)27-10-13-1-6-17-15(9-13)11-29(22(17)32)18-7-8-20(30)28-21(18)31/h1-6,9,18-19H,7-8,10-12H2,(H,27,33)(H,28,30,31). The van der Waals surface area contributed by atoms with Gasteiger partial charge in [0.25, 0.3) is 11.8 Å². The number of hydrogen-bond donors (Lipinski definition) is 2. The number of piperidine rings is 1. The number of carbonyl (C=O) groups is 4. The van der Waals surface area contributed by atoms with Crippen LogP contribution in [0.5, 0.6) is 0 Å². The summed E-state index contributed by atoms with van der Waals surface area (Å²) in [4.78, 5) is 49.9. The van der Waals surface area contributed by atoms with Crippen molar-refractivity contribution >= 4 is 23.6 Å². The summed E-state index contributed by atoms with van der Waals surface area (Å²) in [5.74, 6) is -6.34. The minimum atomic E-state index is -3.71. The van der Waals surface area contributed by atoms with Gasteiger partial charge in [-0.05, 0) is 29.2 Å². The van der Waals surface area contributed by atoms with Crippen LogP contribution in [0.1, 0.15) is 51.6 Å². The van der Waals surface area contributed by atoms with Crippen LogP contribution in [0.3, 0.4) is 0 Å². The first kappa shape index (κ1) is 22.1. The summed E-state index contributed by atoms with van der Waals surface area (Å²) in [6, 6.07) is 9.55. The van der Waals surface area contributed by atoms with Gasteiger partial charge in [0.05, 0.1) is 6.61 Å². The first-order chi connectivity index (χ1) is 16.2. The summed E-state index contributed by atoms with van der Waals surface area (Å²) < 4.78 is 34.4. The van der Waals surface area contributed by atoms with Gasteiger partial charge in [0, 0.05) is 30.6 Å². The van der Waals surface area contributed by atoms with Gasteiger partial charge in [-0.1, -0.05) is 36.4 Å². The molecule has 2 unspecified atom stereocenters. The molecular weight excluding hydrogens is 448 g/mol. The fraction of sp³-hybridized carbons (Fsp3) is 0.333. The third-order valence-corrected chi connectivity index (χ3v) is 6.30. The Kier molecular flexibility index (Phi) is 5.40. The van der Waals surface area contributed by atoms with Gasteiger partial charge in [0.2, 0.25) is 11.8 Å². The first-order valence-corrected chi connectivity index (χ1v) is 10.9. The SMILES string of the molecule is O=C1CCC(N2Cc3cc(CNC(=O)C(F)(F)c4ccc(C5CO5)cc4)ccc3C2=O)C(=O)N1. The number of nitrogens with one attached hydrogen (secondary N) is 2. The number of nitrogens with zero attached hydrogens (tertiary/aromatic N) is 1. The third-order valence-electron chi connectivity index (χ3n) is 6.30. The van der Waals surface area contributed by atoms with Crippen molar-refractivity contribution in [2.24, 2.45) is 0 Å². The van der Waals surface area contributed by atoms with Gasteiger partial charge in [-0.3, -0.25) is 24.5 Å². The molecule has 4 amide bonds. The molecule has 0 bridgehead atoms. The summed E-state index contributed by atoms with van der Waals surface area (Å²) in [5, 5.41) is 4.50. The van der Waals surface area contributed by atoms with Gasteiger partial charge < -0.3 is 15.0 Å². The largest absolute Gasteiger partial charge is 0.368 e. The average Bonchev–Trinajstić information content (AvgIpc) is 3.62. The predicted molar refractivity (Wildman–Crippen MR) is 113 cm³/mol. The Hall–Kier alpha value is -3.66. The molecule has 3 heterocycles. The highest BCUT2D eigenvalue weighted by Crippen LogP contribution is 2.34. The van der Waals surface area contributed by atoms with Crippen LogP contribution >= 0.6 is 0 Å². The van der Waals surface area contributed by atoms with Crippen LogP contribution in [0.2, 0.25) is 0 Å². The highest BCUT2D eigenvalue weighted by Gasteiger charge is 2.41. The summed E-state index contributed by atoms with van der Waals surface area (Å²) in [5.41, 5.74) is 1.96. The van der Waals surface area contributed by atoms with Crippen LogP contribution < -0.4 is 10.6 Å². The van der Waals surface area contributed by atoms with Crippen LogP contribution in [0.4, 0.5) is 8.78 Å². The second-order valence-electron chi connectivity index (χ2n) is 8.59. The zero-order valence-electron chi connectivity index (χ0n) is 18.0. The second kappa shape index (κ2) is 8.28. The molecule has 3 aliphatic heterocycles. The number of fused-ring (bicyclic) bond motifs is 1. The number of benzene rings is 2. The molecule has 10 heteroatoms. The zero-order chi connectivity index (χ0) is 24.0. The molecule has 0 spiro atoms. The summed E-state index contributed by atoms with van der Waals surface area (Å²) in [6.45, 7) is 0.575. The van der Waals surface area contributed by atoms with Crippen molar-refractivity contribution in [1.29, 1.82) is 0 Å². The fourth-order valence-electron chi connectivity index (χ4n) is 4.31. The molecule has 176 valence electrons. The number of halogens is 2. The normalized spacial score (nSPS) is 21.8.